The number of aryl methyl sites for hydroxylation is 12. The number of rotatable bonds is 54. The van der Waals surface area contributed by atoms with Crippen molar-refractivity contribution in [2.45, 2.75) is 325 Å². The van der Waals surface area contributed by atoms with E-state index in [9.17, 15) is 0 Å². The number of unbranched alkanes of at least 4 members (excludes halogenated alkanes) is 22. The summed E-state index contributed by atoms with van der Waals surface area (Å²) in [5, 5.41) is 0. The summed E-state index contributed by atoms with van der Waals surface area (Å²) in [7, 11) is 0. The van der Waals surface area contributed by atoms with Gasteiger partial charge in [0.25, 0.3) is 0 Å². The number of benzene rings is 4. The molecule has 106 heavy (non-hydrogen) atoms. The fraction of sp³-hybridized carbons (Fsp3) is 0.551. The van der Waals surface area contributed by atoms with Crippen LogP contribution in [0.1, 0.15) is 315 Å². The number of ether oxygens (including phenoxy) is 4. The van der Waals surface area contributed by atoms with Gasteiger partial charge in [0.05, 0.1) is 26.4 Å². The van der Waals surface area contributed by atoms with Crippen LogP contribution in [0.4, 0.5) is 0 Å². The molecule has 0 radical (unpaired) electrons. The van der Waals surface area contributed by atoms with Crippen molar-refractivity contribution in [3.63, 3.8) is 0 Å². The van der Waals surface area contributed by atoms with Crippen LogP contribution in [0.5, 0.6) is 23.0 Å². The lowest BCUT2D eigenvalue weighted by Crippen LogP contribution is -1.98. The summed E-state index contributed by atoms with van der Waals surface area (Å²) < 4.78 is 23.3. The van der Waals surface area contributed by atoms with E-state index in [-0.39, 0.29) is 0 Å². The van der Waals surface area contributed by atoms with Gasteiger partial charge in [-0.2, -0.15) is 0 Å². The van der Waals surface area contributed by atoms with Crippen LogP contribution in [0.15, 0.2) is 170 Å². The Balaban J connectivity index is 0.000000254. The maximum atomic E-state index is 5.87. The Morgan fingerprint density at radius 3 is 0.557 bits per heavy atom. The third kappa shape index (κ3) is 43.5. The average Bonchev–Trinajstić information content (AvgIpc) is 0.922. The molecule has 8 rings (SSSR count). The molecule has 0 aliphatic heterocycles. The van der Waals surface area contributed by atoms with Crippen molar-refractivity contribution in [1.29, 1.82) is 0 Å². The predicted molar refractivity (Wildman–Crippen MR) is 453 cm³/mol. The van der Waals surface area contributed by atoms with Gasteiger partial charge in [-0.25, -0.2) is 0 Å². The summed E-state index contributed by atoms with van der Waals surface area (Å²) in [5.41, 5.74) is 15.6. The lowest BCUT2D eigenvalue weighted by atomic mass is 10.0. The van der Waals surface area contributed by atoms with Crippen LogP contribution < -0.4 is 18.9 Å². The standard InChI is InChI=1S/C26H39NO.C25H37NO.C24H35NO.C23H33NO/c1-3-5-7-8-9-11-21-28-26-19-16-23(17-20-26)13-14-24-15-18-25(27-22-24)12-10-6-4-2;1-3-5-7-8-10-20-27-25-18-15-22(16-19-25)12-13-23-14-17-24(26-21-23)11-9-6-4-2;1-3-5-7-9-19-26-24-17-14-21(15-18-24)11-12-22-13-16-23(25-20-22)10-8-6-4-2;1-3-5-7-9-22-15-12-21(19-24-22)11-10-20-13-16-23(17-14-20)25-18-8-6-4-2/h15-20,22H,3-14,21H2,1-2H3;14-19,21H,3-13,20H2,1-2H3;13-18,20H,3-12,19H2,1-2H3;12-17,19H,3-11,18H2,1-2H3. The molecule has 0 saturated heterocycles. The second kappa shape index (κ2) is 60.7. The molecule has 8 heteroatoms. The molecular weight excluding hydrogens is 1300 g/mol. The SMILES string of the molecule is CCCCCCCCOc1ccc(CCc2ccc(CCCCC)nc2)cc1.CCCCCCCOc1ccc(CCc2ccc(CCCCC)nc2)cc1.CCCCCCOc1ccc(CCc2ccc(CCCCC)nc2)cc1.CCCCCOc1ccc(CCc2ccc(CCCCC)nc2)cc1. The molecule has 0 unspecified atom stereocenters. The fourth-order valence-corrected chi connectivity index (χ4v) is 12.6. The van der Waals surface area contributed by atoms with Crippen molar-refractivity contribution in [2.24, 2.45) is 0 Å². The second-order valence-corrected chi connectivity index (χ2v) is 29.4. The van der Waals surface area contributed by atoms with Crippen LogP contribution in [-0.2, 0) is 77.0 Å². The zero-order valence-electron chi connectivity index (χ0n) is 68.1. The molecule has 0 saturated carbocycles. The highest BCUT2D eigenvalue weighted by Gasteiger charge is 2.07. The first-order chi connectivity index (χ1) is 52.3. The average molecular weight is 1440 g/mol. The molecule has 0 aliphatic carbocycles. The van der Waals surface area contributed by atoms with Crippen LogP contribution >= 0.6 is 0 Å². The van der Waals surface area contributed by atoms with Crippen molar-refractivity contribution < 1.29 is 18.9 Å². The Morgan fingerprint density at radius 1 is 0.170 bits per heavy atom. The first-order valence-corrected chi connectivity index (χ1v) is 42.9. The molecule has 4 aromatic carbocycles. The number of hydrogen-bond donors (Lipinski definition) is 0. The second-order valence-electron chi connectivity index (χ2n) is 29.4. The maximum absolute atomic E-state index is 5.87. The zero-order chi connectivity index (χ0) is 75.2. The van der Waals surface area contributed by atoms with Crippen LogP contribution in [0.25, 0.3) is 0 Å². The first kappa shape index (κ1) is 89.3. The summed E-state index contributed by atoms with van der Waals surface area (Å²) >= 11 is 0. The molecule has 0 aliphatic rings. The Hall–Kier alpha value is -7.32. The van der Waals surface area contributed by atoms with E-state index in [4.69, 9.17) is 18.9 Å². The molecule has 580 valence electrons. The largest absolute Gasteiger partial charge is 0.494 e. The van der Waals surface area contributed by atoms with E-state index < -0.39 is 0 Å². The summed E-state index contributed by atoms with van der Waals surface area (Å²) in [6, 6.07) is 52.1. The first-order valence-electron chi connectivity index (χ1n) is 42.9. The zero-order valence-corrected chi connectivity index (χ0v) is 68.1. The molecule has 8 nitrogen and oxygen atoms in total. The van der Waals surface area contributed by atoms with E-state index in [1.54, 1.807) is 0 Å². The summed E-state index contributed by atoms with van der Waals surface area (Å²) in [5.74, 6) is 3.96. The third-order valence-corrected chi connectivity index (χ3v) is 19.8. The van der Waals surface area contributed by atoms with Crippen molar-refractivity contribution in [1.82, 2.24) is 19.9 Å². The highest BCUT2D eigenvalue weighted by Crippen LogP contribution is 2.21. The van der Waals surface area contributed by atoms with Crippen molar-refractivity contribution in [3.8, 4) is 23.0 Å². The van der Waals surface area contributed by atoms with Gasteiger partial charge in [0, 0.05) is 47.6 Å². The lowest BCUT2D eigenvalue weighted by Gasteiger charge is -2.08. The minimum Gasteiger partial charge on any atom is -0.494 e. The van der Waals surface area contributed by atoms with Gasteiger partial charge in [0.1, 0.15) is 23.0 Å². The van der Waals surface area contributed by atoms with Crippen LogP contribution in [0.2, 0.25) is 0 Å². The molecular formula is C98H144N4O4. The van der Waals surface area contributed by atoms with Gasteiger partial charge in [-0.3, -0.25) is 19.9 Å². The van der Waals surface area contributed by atoms with Crippen LogP contribution in [0, 0.1) is 0 Å². The van der Waals surface area contributed by atoms with Gasteiger partial charge >= 0.3 is 0 Å². The van der Waals surface area contributed by atoms with E-state index >= 15 is 0 Å². The van der Waals surface area contributed by atoms with E-state index in [1.165, 1.54) is 234 Å². The quantitative estimate of drug-likeness (QED) is 0.0349. The van der Waals surface area contributed by atoms with Gasteiger partial charge in [-0.05, 0) is 246 Å². The Labute approximate surface area is 647 Å². The topological polar surface area (TPSA) is 88.5 Å². The van der Waals surface area contributed by atoms with E-state index in [1.807, 2.05) is 6.20 Å². The molecule has 0 bridgehead atoms. The Bertz CT molecular complexity index is 3280. The van der Waals surface area contributed by atoms with E-state index in [2.05, 4.69) is 240 Å². The molecule has 4 aromatic heterocycles. The molecule has 4 heterocycles. The molecule has 0 fully saturated rings. The normalized spacial score (nSPS) is 10.9. The number of nitrogens with zero attached hydrogens (tertiary/aromatic N) is 4. The minimum atomic E-state index is 0.823. The predicted octanol–water partition coefficient (Wildman–Crippen LogP) is 27.0. The van der Waals surface area contributed by atoms with Crippen LogP contribution in [-0.4, -0.2) is 46.4 Å². The Morgan fingerprint density at radius 2 is 0.340 bits per heavy atom. The number of aromatic nitrogens is 4. The fourth-order valence-electron chi connectivity index (χ4n) is 12.6. The highest BCUT2D eigenvalue weighted by atomic mass is 16.5. The third-order valence-electron chi connectivity index (χ3n) is 19.8. The minimum absolute atomic E-state index is 0.823. The van der Waals surface area contributed by atoms with Crippen molar-refractivity contribution >= 4 is 0 Å². The van der Waals surface area contributed by atoms with Gasteiger partial charge in [0.15, 0.2) is 0 Å². The molecule has 0 N–H and O–H groups in total. The number of hydrogen-bond acceptors (Lipinski definition) is 8. The van der Waals surface area contributed by atoms with E-state index in [0.717, 1.165) is 152 Å². The van der Waals surface area contributed by atoms with Gasteiger partial charge in [-0.15, -0.1) is 0 Å². The number of pyridine rings is 4. The summed E-state index contributed by atoms with van der Waals surface area (Å²) in [6.45, 7) is 21.2. The van der Waals surface area contributed by atoms with Crippen molar-refractivity contribution in [2.75, 3.05) is 26.4 Å². The molecule has 0 atom stereocenters. The monoisotopic (exact) mass is 1440 g/mol. The van der Waals surface area contributed by atoms with Crippen LogP contribution in [0.3, 0.4) is 0 Å². The maximum Gasteiger partial charge on any atom is 0.119 e. The lowest BCUT2D eigenvalue weighted by molar-refractivity contribution is 0.304. The molecule has 8 aromatic rings. The van der Waals surface area contributed by atoms with E-state index in [0.29, 0.717) is 0 Å². The molecule has 0 amide bonds. The summed E-state index contributed by atoms with van der Waals surface area (Å²) in [6.07, 6.45) is 59.0. The molecule has 0 spiro atoms. The van der Waals surface area contributed by atoms with Gasteiger partial charge < -0.3 is 18.9 Å². The van der Waals surface area contributed by atoms with Gasteiger partial charge in [0.2, 0.25) is 0 Å². The Kier molecular flexibility index (Phi) is 51.1. The highest BCUT2D eigenvalue weighted by molar-refractivity contribution is 5.32. The van der Waals surface area contributed by atoms with Crippen molar-refractivity contribution in [3.05, 3.63) is 238 Å². The van der Waals surface area contributed by atoms with Gasteiger partial charge in [-0.1, -0.05) is 269 Å². The smallest absolute Gasteiger partial charge is 0.119 e. The summed E-state index contributed by atoms with van der Waals surface area (Å²) in [4.78, 5) is 18.5.